The van der Waals surface area contributed by atoms with Crippen molar-refractivity contribution in [3.8, 4) is 0 Å². The summed E-state index contributed by atoms with van der Waals surface area (Å²) in [5.74, 6) is 1.09. The topological polar surface area (TPSA) is 53.6 Å². The summed E-state index contributed by atoms with van der Waals surface area (Å²) in [5.41, 5.74) is 0.948. The molecule has 4 nitrogen and oxygen atoms in total. The highest BCUT2D eigenvalue weighted by Gasteiger charge is 2.32. The summed E-state index contributed by atoms with van der Waals surface area (Å²) in [4.78, 5) is 4.20. The molecule has 70 valence electrons. The molecule has 1 aliphatic carbocycles. The van der Waals surface area contributed by atoms with E-state index in [2.05, 4.69) is 32.7 Å². The Morgan fingerprint density at radius 2 is 2.14 bits per heavy atom. The van der Waals surface area contributed by atoms with Gasteiger partial charge in [-0.25, -0.2) is 0 Å². The molecule has 0 bridgehead atoms. The first-order valence-corrected chi connectivity index (χ1v) is 4.83. The van der Waals surface area contributed by atoms with Crippen molar-refractivity contribution < 1.29 is 0 Å². The molecule has 14 heavy (non-hydrogen) atoms. The molecule has 2 heterocycles. The molecule has 2 atom stereocenters. The largest absolute Gasteiger partial charge is 0.361 e. The standard InChI is InChI=1S/C9H8N4S/c14-9-11-8-7(12-13-9)5-3-1-2-4-6(5)10-8/h1-6H,(H2,10,11,13,14)/t5-,6-/m1/s1. The van der Waals surface area contributed by atoms with Gasteiger partial charge in [0.2, 0.25) is 4.77 Å². The van der Waals surface area contributed by atoms with Crippen LogP contribution in [0, 0.1) is 4.77 Å². The summed E-state index contributed by atoms with van der Waals surface area (Å²) in [5, 5.41) is 10.2. The van der Waals surface area contributed by atoms with Gasteiger partial charge in [0.1, 0.15) is 5.69 Å². The number of hydrogen-bond donors (Lipinski definition) is 2. The SMILES string of the molecule is S=c1nc2c(n[nH]1)[C@@H]1C=CC=C[C@H]1N2. The van der Waals surface area contributed by atoms with Gasteiger partial charge in [-0.1, -0.05) is 24.3 Å². The van der Waals surface area contributed by atoms with Crippen LogP contribution in [0.1, 0.15) is 11.6 Å². The molecule has 0 spiro atoms. The maximum atomic E-state index is 4.91. The smallest absolute Gasteiger partial charge is 0.215 e. The highest BCUT2D eigenvalue weighted by atomic mass is 32.1. The predicted molar refractivity (Wildman–Crippen MR) is 55.6 cm³/mol. The van der Waals surface area contributed by atoms with Crippen molar-refractivity contribution in [2.75, 3.05) is 5.32 Å². The zero-order chi connectivity index (χ0) is 9.54. The molecule has 1 aromatic heterocycles. The van der Waals surface area contributed by atoms with Gasteiger partial charge in [0.05, 0.1) is 6.04 Å². The molecule has 0 saturated carbocycles. The summed E-state index contributed by atoms with van der Waals surface area (Å²) < 4.78 is 0.419. The van der Waals surface area contributed by atoms with Crippen LogP contribution < -0.4 is 5.32 Å². The molecular weight excluding hydrogens is 196 g/mol. The second-order valence-corrected chi connectivity index (χ2v) is 3.73. The first-order chi connectivity index (χ1) is 6.84. The summed E-state index contributed by atoms with van der Waals surface area (Å²) in [6.07, 6.45) is 8.28. The fourth-order valence-electron chi connectivity index (χ4n) is 1.85. The van der Waals surface area contributed by atoms with Crippen molar-refractivity contribution in [1.82, 2.24) is 15.2 Å². The predicted octanol–water partition coefficient (Wildman–Crippen LogP) is 1.54. The molecule has 3 rings (SSSR count). The minimum atomic E-state index is 0.278. The number of H-pyrrole nitrogens is 1. The zero-order valence-corrected chi connectivity index (χ0v) is 8.08. The Morgan fingerprint density at radius 1 is 1.29 bits per heavy atom. The third-order valence-electron chi connectivity index (χ3n) is 2.48. The molecule has 0 saturated heterocycles. The van der Waals surface area contributed by atoms with Crippen LogP contribution >= 0.6 is 12.2 Å². The quantitative estimate of drug-likeness (QED) is 0.629. The van der Waals surface area contributed by atoms with Gasteiger partial charge in [-0.15, -0.1) is 0 Å². The number of hydrogen-bond acceptors (Lipinski definition) is 4. The van der Waals surface area contributed by atoms with Crippen LogP contribution in [0.15, 0.2) is 24.3 Å². The summed E-state index contributed by atoms with van der Waals surface area (Å²) in [6, 6.07) is 0.278. The minimum absolute atomic E-state index is 0.278. The average Bonchev–Trinajstić information content (AvgIpc) is 2.54. The number of fused-ring (bicyclic) bond motifs is 3. The van der Waals surface area contributed by atoms with Crippen molar-refractivity contribution in [2.45, 2.75) is 12.0 Å². The Hall–Kier alpha value is -1.49. The fourth-order valence-corrected chi connectivity index (χ4v) is 1.98. The lowest BCUT2D eigenvalue weighted by Gasteiger charge is -2.13. The normalized spacial score (nSPS) is 26.9. The van der Waals surface area contributed by atoms with E-state index in [1.54, 1.807) is 0 Å². The molecule has 0 fully saturated rings. The van der Waals surface area contributed by atoms with Gasteiger partial charge in [0, 0.05) is 5.92 Å². The van der Waals surface area contributed by atoms with E-state index < -0.39 is 0 Å². The molecule has 5 heteroatoms. The monoisotopic (exact) mass is 204 g/mol. The molecule has 1 aromatic rings. The number of anilines is 1. The lowest BCUT2D eigenvalue weighted by Crippen LogP contribution is -2.17. The van der Waals surface area contributed by atoms with Gasteiger partial charge in [-0.05, 0) is 12.2 Å². The van der Waals surface area contributed by atoms with Crippen LogP contribution in [0.25, 0.3) is 0 Å². The number of allylic oxidation sites excluding steroid dienone is 2. The van der Waals surface area contributed by atoms with Crippen LogP contribution in [0.3, 0.4) is 0 Å². The van der Waals surface area contributed by atoms with E-state index in [-0.39, 0.29) is 12.0 Å². The van der Waals surface area contributed by atoms with E-state index in [4.69, 9.17) is 12.2 Å². The van der Waals surface area contributed by atoms with E-state index in [1.807, 2.05) is 12.2 Å². The highest BCUT2D eigenvalue weighted by Crippen LogP contribution is 2.35. The second kappa shape index (κ2) is 2.75. The first-order valence-electron chi connectivity index (χ1n) is 4.43. The zero-order valence-electron chi connectivity index (χ0n) is 7.27. The van der Waals surface area contributed by atoms with E-state index in [1.165, 1.54) is 0 Å². The maximum absolute atomic E-state index is 4.91. The molecule has 2 N–H and O–H groups in total. The molecule has 2 aliphatic rings. The Kier molecular flexibility index (Phi) is 1.55. The van der Waals surface area contributed by atoms with Gasteiger partial charge in [0.25, 0.3) is 0 Å². The van der Waals surface area contributed by atoms with E-state index in [0.29, 0.717) is 4.77 Å². The number of nitrogens with zero attached hydrogens (tertiary/aromatic N) is 2. The highest BCUT2D eigenvalue weighted by molar-refractivity contribution is 7.71. The molecule has 0 amide bonds. The van der Waals surface area contributed by atoms with Gasteiger partial charge in [-0.3, -0.25) is 5.10 Å². The van der Waals surface area contributed by atoms with Crippen LogP contribution in [0.2, 0.25) is 0 Å². The van der Waals surface area contributed by atoms with Gasteiger partial charge in [-0.2, -0.15) is 10.1 Å². The Morgan fingerprint density at radius 3 is 3.07 bits per heavy atom. The van der Waals surface area contributed by atoms with E-state index in [9.17, 15) is 0 Å². The van der Waals surface area contributed by atoms with Crippen molar-refractivity contribution >= 4 is 18.0 Å². The minimum Gasteiger partial charge on any atom is -0.361 e. The number of nitrogens with one attached hydrogen (secondary N) is 2. The number of aromatic nitrogens is 3. The molecule has 0 radical (unpaired) electrons. The second-order valence-electron chi connectivity index (χ2n) is 3.34. The van der Waals surface area contributed by atoms with Gasteiger partial charge >= 0.3 is 0 Å². The molecule has 1 aliphatic heterocycles. The fraction of sp³-hybridized carbons (Fsp3) is 0.222. The van der Waals surface area contributed by atoms with Crippen molar-refractivity contribution in [1.29, 1.82) is 0 Å². The van der Waals surface area contributed by atoms with Crippen molar-refractivity contribution in [3.05, 3.63) is 34.8 Å². The Balaban J connectivity index is 2.15. The third kappa shape index (κ3) is 1.02. The van der Waals surface area contributed by atoms with Crippen molar-refractivity contribution in [3.63, 3.8) is 0 Å². The lowest BCUT2D eigenvalue weighted by molar-refractivity contribution is 0.763. The van der Waals surface area contributed by atoms with E-state index in [0.717, 1.165) is 11.5 Å². The average molecular weight is 204 g/mol. The van der Waals surface area contributed by atoms with Crippen molar-refractivity contribution in [2.24, 2.45) is 0 Å². The van der Waals surface area contributed by atoms with Crippen LogP contribution in [-0.2, 0) is 0 Å². The first kappa shape index (κ1) is 7.87. The van der Waals surface area contributed by atoms with Crippen LogP contribution in [0.4, 0.5) is 5.82 Å². The summed E-state index contributed by atoms with van der Waals surface area (Å²) >= 11 is 4.91. The summed E-state index contributed by atoms with van der Waals surface area (Å²) in [7, 11) is 0. The van der Waals surface area contributed by atoms with E-state index >= 15 is 0 Å². The van der Waals surface area contributed by atoms with Gasteiger partial charge < -0.3 is 5.32 Å². The Bertz CT molecular complexity index is 488. The molecule has 0 unspecified atom stereocenters. The third-order valence-corrected chi connectivity index (χ3v) is 2.66. The van der Waals surface area contributed by atoms with Crippen LogP contribution in [0.5, 0.6) is 0 Å². The maximum Gasteiger partial charge on any atom is 0.215 e. The Labute approximate surface area is 85.8 Å². The molecular formula is C9H8N4S. The van der Waals surface area contributed by atoms with Crippen LogP contribution in [-0.4, -0.2) is 21.2 Å². The molecule has 0 aromatic carbocycles. The summed E-state index contributed by atoms with van der Waals surface area (Å²) in [6.45, 7) is 0. The lowest BCUT2D eigenvalue weighted by atomic mass is 9.96. The van der Waals surface area contributed by atoms with Gasteiger partial charge in [0.15, 0.2) is 5.82 Å². The number of aromatic amines is 1. The number of rotatable bonds is 0.